The summed E-state index contributed by atoms with van der Waals surface area (Å²) in [6.45, 7) is 0. The third-order valence-electron chi connectivity index (χ3n) is 10.8. The Labute approximate surface area is 327 Å². The molecule has 264 valence electrons. The van der Waals surface area contributed by atoms with Crippen LogP contribution in [0.4, 0.5) is 17.1 Å². The van der Waals surface area contributed by atoms with E-state index >= 15 is 0 Å². The highest BCUT2D eigenvalue weighted by atomic mass is 15.1. The second-order valence-electron chi connectivity index (χ2n) is 14.1. The number of para-hydroxylation sites is 5. The van der Waals surface area contributed by atoms with Crippen LogP contribution >= 0.6 is 0 Å². The Balaban J connectivity index is 1.05. The number of fused-ring (bicyclic) bond motifs is 3. The molecule has 0 aliphatic heterocycles. The lowest BCUT2D eigenvalue weighted by Gasteiger charge is -2.27. The molecule has 0 aliphatic rings. The third-order valence-corrected chi connectivity index (χ3v) is 10.8. The van der Waals surface area contributed by atoms with Gasteiger partial charge in [0.1, 0.15) is 0 Å². The zero-order valence-electron chi connectivity index (χ0n) is 30.8. The smallest absolute Gasteiger partial charge is 0.0547 e. The first-order chi connectivity index (χ1) is 27.8. The van der Waals surface area contributed by atoms with Crippen LogP contribution in [0.25, 0.3) is 72.0 Å². The molecule has 0 saturated carbocycles. The van der Waals surface area contributed by atoms with Gasteiger partial charge in [-0.15, -0.1) is 0 Å². The van der Waals surface area contributed by atoms with E-state index in [9.17, 15) is 0 Å². The fourth-order valence-corrected chi connectivity index (χ4v) is 8.13. The highest BCUT2D eigenvalue weighted by Gasteiger charge is 2.18. The zero-order valence-corrected chi connectivity index (χ0v) is 30.8. The van der Waals surface area contributed by atoms with Crippen LogP contribution in [0.5, 0.6) is 0 Å². The van der Waals surface area contributed by atoms with Gasteiger partial charge in [-0.25, -0.2) is 0 Å². The molecule has 0 amide bonds. The summed E-state index contributed by atoms with van der Waals surface area (Å²) in [5.74, 6) is 0. The van der Waals surface area contributed by atoms with Crippen molar-refractivity contribution in [3.63, 3.8) is 0 Å². The maximum Gasteiger partial charge on any atom is 0.0547 e. The molecule has 9 aromatic carbocycles. The fraction of sp³-hybridized carbons (Fsp3) is 0. The molecule has 0 aliphatic carbocycles. The van der Waals surface area contributed by atoms with Crippen molar-refractivity contribution in [2.45, 2.75) is 0 Å². The summed E-state index contributed by atoms with van der Waals surface area (Å²) in [5, 5.41) is 2.49. The number of hydrogen-bond donors (Lipinski definition) is 0. The van der Waals surface area contributed by atoms with Crippen LogP contribution in [0.15, 0.2) is 231 Å². The predicted octanol–water partition coefficient (Wildman–Crippen LogP) is 14.9. The number of nitrogens with zero attached hydrogens (tertiary/aromatic N) is 2. The molecule has 0 saturated heterocycles. The first-order valence-electron chi connectivity index (χ1n) is 19.2. The number of rotatable bonds is 8. The van der Waals surface area contributed by atoms with Gasteiger partial charge in [0.05, 0.1) is 22.4 Å². The average Bonchev–Trinajstić information content (AvgIpc) is 3.61. The standard InChI is InChI=1S/C54H38N2/c1-4-16-39(17-5-1)40-28-32-43(33-29-40)48-23-11-14-26-52(48)56-53-27-15-12-24-49(53)50-37-36-44(38-54(50)56)41-30-34-42(35-31-41)47-22-10-13-25-51(47)55(45-18-6-2-7-19-45)46-20-8-3-9-21-46/h1-38H. The van der Waals surface area contributed by atoms with Crippen LogP contribution in [0.1, 0.15) is 0 Å². The van der Waals surface area contributed by atoms with Crippen LogP contribution in [-0.2, 0) is 0 Å². The van der Waals surface area contributed by atoms with E-state index in [0.29, 0.717) is 0 Å². The minimum atomic E-state index is 1.12. The number of anilines is 3. The largest absolute Gasteiger partial charge is 0.310 e. The molecular weight excluding hydrogens is 677 g/mol. The Morgan fingerprint density at radius 3 is 1.41 bits per heavy atom. The molecule has 0 atom stereocenters. The number of benzene rings is 9. The molecule has 2 heteroatoms. The highest BCUT2D eigenvalue weighted by Crippen LogP contribution is 2.42. The highest BCUT2D eigenvalue weighted by molar-refractivity contribution is 6.10. The first kappa shape index (κ1) is 33.2. The Morgan fingerprint density at radius 2 is 0.732 bits per heavy atom. The van der Waals surface area contributed by atoms with Crippen LogP contribution < -0.4 is 4.90 Å². The van der Waals surface area contributed by atoms with Crippen LogP contribution in [0.2, 0.25) is 0 Å². The van der Waals surface area contributed by atoms with E-state index in [1.165, 1.54) is 66.3 Å². The van der Waals surface area contributed by atoms with Gasteiger partial charge in [-0.3, -0.25) is 0 Å². The molecule has 1 heterocycles. The van der Waals surface area contributed by atoms with E-state index in [2.05, 4.69) is 240 Å². The lowest BCUT2D eigenvalue weighted by atomic mass is 9.97. The van der Waals surface area contributed by atoms with Gasteiger partial charge in [-0.2, -0.15) is 0 Å². The van der Waals surface area contributed by atoms with Crippen molar-refractivity contribution >= 4 is 38.9 Å². The maximum absolute atomic E-state index is 2.45. The quantitative estimate of drug-likeness (QED) is 0.152. The molecule has 56 heavy (non-hydrogen) atoms. The van der Waals surface area contributed by atoms with E-state index in [-0.39, 0.29) is 0 Å². The van der Waals surface area contributed by atoms with Crippen molar-refractivity contribution in [2.75, 3.05) is 4.90 Å². The SMILES string of the molecule is c1ccc(-c2ccc(-c3ccccc3-n3c4ccccc4c4ccc(-c5ccc(-c6ccccc6N(c6ccccc6)c6ccccc6)cc5)cc43)cc2)cc1. The van der Waals surface area contributed by atoms with Gasteiger partial charge >= 0.3 is 0 Å². The molecule has 0 fully saturated rings. The van der Waals surface area contributed by atoms with Gasteiger partial charge in [0.2, 0.25) is 0 Å². The fourth-order valence-electron chi connectivity index (χ4n) is 8.13. The molecule has 10 aromatic rings. The maximum atomic E-state index is 2.45. The van der Waals surface area contributed by atoms with E-state index < -0.39 is 0 Å². The Bertz CT molecular complexity index is 2890. The summed E-state index contributed by atoms with van der Waals surface area (Å²) < 4.78 is 2.45. The number of hydrogen-bond acceptors (Lipinski definition) is 1. The van der Waals surface area contributed by atoms with E-state index in [1.54, 1.807) is 0 Å². The summed E-state index contributed by atoms with van der Waals surface area (Å²) >= 11 is 0. The van der Waals surface area contributed by atoms with Gasteiger partial charge in [-0.05, 0) is 81.9 Å². The molecule has 0 spiro atoms. The number of aromatic nitrogens is 1. The lowest BCUT2D eigenvalue weighted by molar-refractivity contribution is 1.18. The molecule has 0 radical (unpaired) electrons. The first-order valence-corrected chi connectivity index (χ1v) is 19.2. The second-order valence-corrected chi connectivity index (χ2v) is 14.1. The molecule has 1 aromatic heterocycles. The van der Waals surface area contributed by atoms with Crippen molar-refractivity contribution < 1.29 is 0 Å². The van der Waals surface area contributed by atoms with Crippen LogP contribution in [0, 0.1) is 0 Å². The lowest BCUT2D eigenvalue weighted by Crippen LogP contribution is -2.10. The summed E-state index contributed by atoms with van der Waals surface area (Å²) in [7, 11) is 0. The van der Waals surface area contributed by atoms with Crippen molar-refractivity contribution in [2.24, 2.45) is 0 Å². The van der Waals surface area contributed by atoms with Crippen molar-refractivity contribution in [3.05, 3.63) is 231 Å². The van der Waals surface area contributed by atoms with Gasteiger partial charge in [-0.1, -0.05) is 182 Å². The molecule has 0 bridgehead atoms. The Kier molecular flexibility index (Phi) is 8.55. The van der Waals surface area contributed by atoms with E-state index in [1.807, 2.05) is 0 Å². The van der Waals surface area contributed by atoms with Crippen molar-refractivity contribution in [1.82, 2.24) is 4.57 Å². The zero-order chi connectivity index (χ0) is 37.3. The average molecular weight is 715 g/mol. The van der Waals surface area contributed by atoms with Crippen LogP contribution in [0.3, 0.4) is 0 Å². The Hall–Kier alpha value is -7.42. The van der Waals surface area contributed by atoms with Crippen molar-refractivity contribution in [3.8, 4) is 50.2 Å². The van der Waals surface area contributed by atoms with Crippen LogP contribution in [-0.4, -0.2) is 4.57 Å². The normalized spacial score (nSPS) is 11.2. The van der Waals surface area contributed by atoms with E-state index in [4.69, 9.17) is 0 Å². The molecule has 0 N–H and O–H groups in total. The summed E-state index contributed by atoms with van der Waals surface area (Å²) in [5.41, 5.74) is 16.5. The van der Waals surface area contributed by atoms with Gasteiger partial charge in [0.15, 0.2) is 0 Å². The minimum absolute atomic E-state index is 1.12. The monoisotopic (exact) mass is 714 g/mol. The summed E-state index contributed by atoms with van der Waals surface area (Å²) in [6, 6.07) is 82.9. The molecule has 0 unspecified atom stereocenters. The van der Waals surface area contributed by atoms with Gasteiger partial charge < -0.3 is 9.47 Å². The minimum Gasteiger partial charge on any atom is -0.310 e. The van der Waals surface area contributed by atoms with Gasteiger partial charge in [0.25, 0.3) is 0 Å². The summed E-state index contributed by atoms with van der Waals surface area (Å²) in [6.07, 6.45) is 0. The van der Waals surface area contributed by atoms with Gasteiger partial charge in [0, 0.05) is 33.3 Å². The summed E-state index contributed by atoms with van der Waals surface area (Å²) in [4.78, 5) is 2.34. The molecule has 2 nitrogen and oxygen atoms in total. The Morgan fingerprint density at radius 1 is 0.286 bits per heavy atom. The third kappa shape index (κ3) is 6.04. The van der Waals surface area contributed by atoms with E-state index in [0.717, 1.165) is 22.7 Å². The van der Waals surface area contributed by atoms with Crippen molar-refractivity contribution in [1.29, 1.82) is 0 Å². The topological polar surface area (TPSA) is 8.17 Å². The second kappa shape index (κ2) is 14.4. The predicted molar refractivity (Wildman–Crippen MR) is 237 cm³/mol. The molecular formula is C54H38N2. The molecule has 10 rings (SSSR count).